The number of methoxy groups -OCH3 is 1. The van der Waals surface area contributed by atoms with Crippen LogP contribution >= 0.6 is 0 Å². The van der Waals surface area contributed by atoms with Crippen molar-refractivity contribution in [1.29, 1.82) is 0 Å². The van der Waals surface area contributed by atoms with E-state index in [4.69, 9.17) is 14.2 Å². The summed E-state index contributed by atoms with van der Waals surface area (Å²) in [6, 6.07) is 9.13. The molecule has 5 nitrogen and oxygen atoms in total. The normalized spacial score (nSPS) is 18.2. The molecule has 2 aromatic carbocycles. The SMILES string of the molecule is COC(=O)c1cc2c(c(OC3CCCCO3)c1C)C(=O)c1ccccc1-2. The molecular weight excluding hydrogens is 332 g/mol. The Morgan fingerprint density at radius 3 is 2.62 bits per heavy atom. The van der Waals surface area contributed by atoms with Gasteiger partial charge in [0.2, 0.25) is 0 Å². The maximum atomic E-state index is 13.0. The van der Waals surface area contributed by atoms with E-state index < -0.39 is 12.3 Å². The molecule has 1 unspecified atom stereocenters. The van der Waals surface area contributed by atoms with Gasteiger partial charge in [-0.3, -0.25) is 4.79 Å². The smallest absolute Gasteiger partial charge is 0.338 e. The Morgan fingerprint density at radius 2 is 1.92 bits per heavy atom. The number of ether oxygens (including phenoxy) is 3. The summed E-state index contributed by atoms with van der Waals surface area (Å²) in [5.74, 6) is -0.103. The van der Waals surface area contributed by atoms with Gasteiger partial charge >= 0.3 is 5.97 Å². The molecule has 26 heavy (non-hydrogen) atoms. The summed E-state index contributed by atoms with van der Waals surface area (Å²) in [7, 11) is 1.35. The fourth-order valence-corrected chi connectivity index (χ4v) is 3.65. The number of esters is 1. The standard InChI is InChI=1S/C21H20O5/c1-12-15(21(23)24-2)11-16-13-7-3-4-8-14(13)19(22)18(16)20(12)26-17-9-5-6-10-25-17/h3-4,7-8,11,17H,5-6,9-10H2,1-2H3. The molecule has 4 rings (SSSR count). The minimum atomic E-state index is -0.448. The van der Waals surface area contributed by atoms with Crippen molar-refractivity contribution < 1.29 is 23.8 Å². The molecule has 1 atom stereocenters. The Hall–Kier alpha value is -2.66. The van der Waals surface area contributed by atoms with E-state index in [1.165, 1.54) is 7.11 Å². The van der Waals surface area contributed by atoms with Crippen LogP contribution in [-0.4, -0.2) is 31.8 Å². The van der Waals surface area contributed by atoms with Crippen molar-refractivity contribution in [3.05, 3.63) is 52.6 Å². The highest BCUT2D eigenvalue weighted by Crippen LogP contribution is 2.44. The molecule has 0 saturated carbocycles. The molecule has 1 aliphatic heterocycles. The van der Waals surface area contributed by atoms with Crippen molar-refractivity contribution in [2.24, 2.45) is 0 Å². The first kappa shape index (κ1) is 16.8. The van der Waals surface area contributed by atoms with Crippen LogP contribution in [-0.2, 0) is 9.47 Å². The van der Waals surface area contributed by atoms with Crippen LogP contribution in [0.5, 0.6) is 5.75 Å². The molecule has 0 N–H and O–H groups in total. The zero-order chi connectivity index (χ0) is 18.3. The van der Waals surface area contributed by atoms with Crippen molar-refractivity contribution >= 4 is 11.8 Å². The molecule has 0 bridgehead atoms. The maximum Gasteiger partial charge on any atom is 0.338 e. The predicted molar refractivity (Wildman–Crippen MR) is 95.6 cm³/mol. The summed E-state index contributed by atoms with van der Waals surface area (Å²) >= 11 is 0. The van der Waals surface area contributed by atoms with Gasteiger partial charge in [-0.25, -0.2) is 4.79 Å². The van der Waals surface area contributed by atoms with Gasteiger partial charge in [-0.1, -0.05) is 24.3 Å². The molecule has 1 saturated heterocycles. The van der Waals surface area contributed by atoms with Gasteiger partial charge in [0.15, 0.2) is 12.1 Å². The number of fused-ring (bicyclic) bond motifs is 3. The van der Waals surface area contributed by atoms with Crippen molar-refractivity contribution in [2.45, 2.75) is 32.5 Å². The van der Waals surface area contributed by atoms with Gasteiger partial charge in [0.25, 0.3) is 0 Å². The van der Waals surface area contributed by atoms with Crippen molar-refractivity contribution in [3.8, 4) is 16.9 Å². The molecular formula is C21H20O5. The zero-order valence-electron chi connectivity index (χ0n) is 14.8. The predicted octanol–water partition coefficient (Wildman–Crippen LogP) is 3.90. The second kappa shape index (κ2) is 6.57. The van der Waals surface area contributed by atoms with Gasteiger partial charge in [0, 0.05) is 17.5 Å². The number of benzene rings is 2. The van der Waals surface area contributed by atoms with E-state index in [1.807, 2.05) is 18.2 Å². The van der Waals surface area contributed by atoms with Crippen molar-refractivity contribution in [1.82, 2.24) is 0 Å². The third-order valence-corrected chi connectivity index (χ3v) is 5.01. The lowest BCUT2D eigenvalue weighted by molar-refractivity contribution is -0.106. The first-order valence-corrected chi connectivity index (χ1v) is 8.80. The lowest BCUT2D eigenvalue weighted by atomic mass is 9.97. The van der Waals surface area contributed by atoms with Gasteiger partial charge in [-0.15, -0.1) is 0 Å². The van der Waals surface area contributed by atoms with Crippen LogP contribution in [0, 0.1) is 6.92 Å². The first-order valence-electron chi connectivity index (χ1n) is 8.80. The summed E-state index contributed by atoms with van der Waals surface area (Å²) in [6.07, 6.45) is 2.37. The van der Waals surface area contributed by atoms with Crippen LogP contribution in [0.4, 0.5) is 0 Å². The fourth-order valence-electron chi connectivity index (χ4n) is 3.65. The largest absolute Gasteiger partial charge is 0.465 e. The Balaban J connectivity index is 1.89. The topological polar surface area (TPSA) is 61.8 Å². The van der Waals surface area contributed by atoms with Crippen LogP contribution in [0.1, 0.15) is 51.1 Å². The number of rotatable bonds is 3. The molecule has 1 fully saturated rings. The zero-order valence-corrected chi connectivity index (χ0v) is 14.8. The van der Waals surface area contributed by atoms with Gasteiger partial charge in [-0.2, -0.15) is 0 Å². The van der Waals surface area contributed by atoms with E-state index in [2.05, 4.69) is 0 Å². The number of ketones is 1. The van der Waals surface area contributed by atoms with Crippen LogP contribution in [0.2, 0.25) is 0 Å². The van der Waals surface area contributed by atoms with Crippen molar-refractivity contribution in [3.63, 3.8) is 0 Å². The molecule has 0 radical (unpaired) electrons. The summed E-state index contributed by atoms with van der Waals surface area (Å²) in [5.41, 5.74) is 3.66. The van der Waals surface area contributed by atoms with Crippen LogP contribution in [0.15, 0.2) is 30.3 Å². The molecule has 0 amide bonds. The van der Waals surface area contributed by atoms with E-state index in [9.17, 15) is 9.59 Å². The Morgan fingerprint density at radius 1 is 1.15 bits per heavy atom. The fraction of sp³-hybridized carbons (Fsp3) is 0.333. The minimum absolute atomic E-state index is 0.0825. The molecule has 2 aliphatic rings. The molecule has 2 aromatic rings. The quantitative estimate of drug-likeness (QED) is 0.669. The van der Waals surface area contributed by atoms with E-state index in [1.54, 1.807) is 19.1 Å². The molecule has 0 aromatic heterocycles. The maximum absolute atomic E-state index is 13.0. The summed E-state index contributed by atoms with van der Waals surface area (Å²) < 4.78 is 16.7. The van der Waals surface area contributed by atoms with Crippen LogP contribution in [0.25, 0.3) is 11.1 Å². The number of carbonyl (C=O) groups excluding carboxylic acids is 2. The Labute approximate surface area is 151 Å². The van der Waals surface area contributed by atoms with Gasteiger partial charge in [0.05, 0.1) is 24.8 Å². The molecule has 1 aliphatic carbocycles. The average Bonchev–Trinajstić information content (AvgIpc) is 2.96. The minimum Gasteiger partial charge on any atom is -0.465 e. The van der Waals surface area contributed by atoms with E-state index in [-0.39, 0.29) is 5.78 Å². The average molecular weight is 352 g/mol. The highest BCUT2D eigenvalue weighted by atomic mass is 16.7. The highest BCUT2D eigenvalue weighted by Gasteiger charge is 2.34. The third kappa shape index (κ3) is 2.59. The Bertz CT molecular complexity index is 894. The molecule has 0 spiro atoms. The highest BCUT2D eigenvalue weighted by molar-refractivity contribution is 6.24. The summed E-state index contributed by atoms with van der Waals surface area (Å²) in [5, 5.41) is 0. The van der Waals surface area contributed by atoms with Crippen molar-refractivity contribution in [2.75, 3.05) is 13.7 Å². The van der Waals surface area contributed by atoms with Crippen LogP contribution in [0.3, 0.4) is 0 Å². The van der Waals surface area contributed by atoms with E-state index >= 15 is 0 Å². The Kier molecular flexibility index (Phi) is 4.24. The number of hydrogen-bond acceptors (Lipinski definition) is 5. The molecule has 1 heterocycles. The van der Waals surface area contributed by atoms with E-state index in [0.29, 0.717) is 40.2 Å². The third-order valence-electron chi connectivity index (χ3n) is 5.01. The lowest BCUT2D eigenvalue weighted by Gasteiger charge is -2.26. The van der Waals surface area contributed by atoms with Gasteiger partial charge < -0.3 is 14.2 Å². The molecule has 134 valence electrons. The molecule has 5 heteroatoms. The number of carbonyl (C=O) groups is 2. The summed E-state index contributed by atoms with van der Waals surface area (Å²) in [6.45, 7) is 2.41. The summed E-state index contributed by atoms with van der Waals surface area (Å²) in [4.78, 5) is 25.3. The van der Waals surface area contributed by atoms with Gasteiger partial charge in [-0.05, 0) is 37.0 Å². The number of hydrogen-bond donors (Lipinski definition) is 0. The second-order valence-corrected chi connectivity index (χ2v) is 6.58. The van der Waals surface area contributed by atoms with Crippen LogP contribution < -0.4 is 4.74 Å². The monoisotopic (exact) mass is 352 g/mol. The lowest BCUT2D eigenvalue weighted by Crippen LogP contribution is -2.26. The second-order valence-electron chi connectivity index (χ2n) is 6.58. The first-order chi connectivity index (χ1) is 12.6. The van der Waals surface area contributed by atoms with E-state index in [0.717, 1.165) is 24.8 Å². The van der Waals surface area contributed by atoms with Gasteiger partial charge in [0.1, 0.15) is 5.75 Å².